The summed E-state index contributed by atoms with van der Waals surface area (Å²) in [5.74, 6) is -0.370. The Balaban J connectivity index is 1.14. The summed E-state index contributed by atoms with van der Waals surface area (Å²) >= 11 is 2.72. The van der Waals surface area contributed by atoms with Crippen LogP contribution in [0.1, 0.15) is 29.5 Å². The average Bonchev–Trinajstić information content (AvgIpc) is 3.31. The number of carboxylic acid groups (broad SMARTS) is 2. The van der Waals surface area contributed by atoms with Gasteiger partial charge in [0.15, 0.2) is 5.66 Å². The van der Waals surface area contributed by atoms with Gasteiger partial charge in [-0.2, -0.15) is 23.5 Å². The molecule has 6 rings (SSSR count). The Morgan fingerprint density at radius 2 is 1.37 bits per heavy atom. The minimum atomic E-state index is -3.67. The van der Waals surface area contributed by atoms with Crippen LogP contribution in [0.4, 0.5) is 11.4 Å². The van der Waals surface area contributed by atoms with E-state index < -0.39 is 27.6 Å². The molecule has 0 saturated heterocycles. The molecule has 0 bridgehead atoms. The van der Waals surface area contributed by atoms with Gasteiger partial charge < -0.3 is 25.7 Å². The molecule has 4 aromatic rings. The van der Waals surface area contributed by atoms with Gasteiger partial charge in [-0.1, -0.05) is 60.7 Å². The molecular weight excluding hydrogens is 681 g/mol. The first-order valence-corrected chi connectivity index (χ1v) is 20.2. The number of aliphatic carboxylic acids is 2. The van der Waals surface area contributed by atoms with E-state index >= 15 is 0 Å². The number of hydrogen-bond acceptors (Lipinski definition) is 9. The van der Waals surface area contributed by atoms with Gasteiger partial charge in [0.25, 0.3) is 0 Å². The van der Waals surface area contributed by atoms with Crippen LogP contribution in [-0.4, -0.2) is 84.7 Å². The van der Waals surface area contributed by atoms with E-state index in [9.17, 15) is 18.0 Å². The van der Waals surface area contributed by atoms with Crippen molar-refractivity contribution in [3.8, 4) is 11.1 Å². The van der Waals surface area contributed by atoms with E-state index in [0.717, 1.165) is 57.2 Å². The average molecular weight is 721 g/mol. The van der Waals surface area contributed by atoms with Gasteiger partial charge in [0.2, 0.25) is 10.0 Å². The normalized spacial score (nSPS) is 14.0. The molecule has 13 heteroatoms. The number of nitrogens with one attached hydrogen (secondary N) is 3. The maximum Gasteiger partial charge on any atom is 0.313 e. The van der Waals surface area contributed by atoms with Crippen molar-refractivity contribution >= 4 is 67.6 Å². The summed E-state index contributed by atoms with van der Waals surface area (Å²) in [6.07, 6.45) is 1.54. The third kappa shape index (κ3) is 8.18. The van der Waals surface area contributed by atoms with Crippen molar-refractivity contribution in [2.75, 3.05) is 59.8 Å². The molecule has 49 heavy (non-hydrogen) atoms. The number of benzene rings is 4. The molecule has 1 aliphatic carbocycles. The van der Waals surface area contributed by atoms with E-state index in [0.29, 0.717) is 36.7 Å². The second-order valence-electron chi connectivity index (χ2n) is 12.2. The van der Waals surface area contributed by atoms with Crippen LogP contribution < -0.4 is 15.4 Å². The Morgan fingerprint density at radius 3 is 2.00 bits per heavy atom. The minimum Gasteiger partial charge on any atom is -0.481 e. The van der Waals surface area contributed by atoms with Crippen molar-refractivity contribution in [2.24, 2.45) is 0 Å². The molecule has 10 nitrogen and oxygen atoms in total. The van der Waals surface area contributed by atoms with Gasteiger partial charge in [0.1, 0.15) is 0 Å². The summed E-state index contributed by atoms with van der Waals surface area (Å²) in [6, 6.07) is 26.6. The third-order valence-corrected chi connectivity index (χ3v) is 12.2. The molecular formula is C36H40N4O6S3. The summed E-state index contributed by atoms with van der Waals surface area (Å²) in [7, 11) is -3.67. The fraction of sp³-hybridized carbons (Fsp3) is 0.333. The predicted octanol–water partition coefficient (Wildman–Crippen LogP) is 5.70. The van der Waals surface area contributed by atoms with Gasteiger partial charge in [-0.05, 0) is 77.7 Å². The van der Waals surface area contributed by atoms with E-state index in [4.69, 9.17) is 10.2 Å². The van der Waals surface area contributed by atoms with Gasteiger partial charge in [-0.25, -0.2) is 13.1 Å². The highest BCUT2D eigenvalue weighted by Crippen LogP contribution is 2.53. The first kappa shape index (κ1) is 35.1. The number of nitrogens with zero attached hydrogens (tertiary/aromatic N) is 1. The Hall–Kier alpha value is -3.75. The molecule has 2 aliphatic rings. The number of carbonyl (C=O) groups is 2. The molecule has 0 radical (unpaired) electrons. The zero-order valence-corrected chi connectivity index (χ0v) is 29.4. The minimum absolute atomic E-state index is 0.0527. The number of anilines is 2. The van der Waals surface area contributed by atoms with Crippen LogP contribution in [0.25, 0.3) is 21.9 Å². The largest absolute Gasteiger partial charge is 0.481 e. The Labute approximate surface area is 295 Å². The fourth-order valence-electron chi connectivity index (χ4n) is 6.73. The predicted molar refractivity (Wildman–Crippen MR) is 200 cm³/mol. The standard InChI is InChI=1S/C36H40N4O6S3/c41-33(42)22-47-19-5-16-40(17-6-20-48-23-34(43)44)18-15-37-49(45,46)24-25-13-14-28-27-9-1-2-10-29(27)36(30(28)21-25)38-31-11-3-7-26-8-4-12-32(39-36)35(26)31/h1-4,7-14,21,37-39H,5-6,15-20,22-24H2,(H,41,42)(H,43,44). The Morgan fingerprint density at radius 1 is 0.755 bits per heavy atom. The van der Waals surface area contributed by atoms with Gasteiger partial charge >= 0.3 is 11.9 Å². The summed E-state index contributed by atoms with van der Waals surface area (Å²) < 4.78 is 29.6. The number of sulfonamides is 1. The fourth-order valence-corrected chi connectivity index (χ4v) is 9.16. The topological polar surface area (TPSA) is 148 Å². The molecule has 0 atom stereocenters. The molecule has 0 saturated carbocycles. The number of rotatable bonds is 18. The molecule has 5 N–H and O–H groups in total. The van der Waals surface area contributed by atoms with E-state index in [-0.39, 0.29) is 23.8 Å². The Bertz CT molecular complexity index is 1890. The van der Waals surface area contributed by atoms with Crippen LogP contribution in [0.3, 0.4) is 0 Å². The summed E-state index contributed by atoms with van der Waals surface area (Å²) in [5, 5.41) is 27.7. The first-order chi connectivity index (χ1) is 23.6. The van der Waals surface area contributed by atoms with Crippen LogP contribution in [0.15, 0.2) is 78.9 Å². The van der Waals surface area contributed by atoms with Crippen molar-refractivity contribution in [3.05, 3.63) is 95.6 Å². The van der Waals surface area contributed by atoms with Crippen LogP contribution in [-0.2, 0) is 31.0 Å². The monoisotopic (exact) mass is 720 g/mol. The van der Waals surface area contributed by atoms with Crippen molar-refractivity contribution < 1.29 is 28.2 Å². The molecule has 0 aromatic heterocycles. The zero-order chi connectivity index (χ0) is 34.4. The number of fused-ring (bicyclic) bond motifs is 5. The zero-order valence-electron chi connectivity index (χ0n) is 27.0. The summed E-state index contributed by atoms with van der Waals surface area (Å²) in [5.41, 5.74) is 6.14. The van der Waals surface area contributed by atoms with Gasteiger partial charge in [0.05, 0.1) is 17.3 Å². The van der Waals surface area contributed by atoms with Gasteiger partial charge in [-0.3, -0.25) is 9.59 Å². The maximum atomic E-state index is 13.4. The smallest absolute Gasteiger partial charge is 0.313 e. The Kier molecular flexibility index (Phi) is 11.0. The third-order valence-electron chi connectivity index (χ3n) is 8.74. The maximum absolute atomic E-state index is 13.4. The van der Waals surface area contributed by atoms with E-state index in [1.54, 1.807) is 0 Å². The highest BCUT2D eigenvalue weighted by Gasteiger charge is 2.46. The van der Waals surface area contributed by atoms with Crippen LogP contribution in [0, 0.1) is 0 Å². The van der Waals surface area contributed by atoms with Crippen molar-refractivity contribution in [2.45, 2.75) is 24.3 Å². The van der Waals surface area contributed by atoms with E-state index in [1.807, 2.05) is 42.5 Å². The number of thioether (sulfide) groups is 2. The van der Waals surface area contributed by atoms with Gasteiger partial charge in [0, 0.05) is 41.0 Å². The molecule has 0 unspecified atom stereocenters. The summed E-state index contributed by atoms with van der Waals surface area (Å²) in [4.78, 5) is 23.8. The lowest BCUT2D eigenvalue weighted by atomic mass is 9.91. The summed E-state index contributed by atoms with van der Waals surface area (Å²) in [6.45, 7) is 2.12. The van der Waals surface area contributed by atoms with Crippen LogP contribution in [0.5, 0.6) is 0 Å². The second kappa shape index (κ2) is 15.4. The van der Waals surface area contributed by atoms with Crippen LogP contribution >= 0.6 is 23.5 Å². The van der Waals surface area contributed by atoms with Crippen LogP contribution in [0.2, 0.25) is 0 Å². The van der Waals surface area contributed by atoms with Crippen molar-refractivity contribution in [1.82, 2.24) is 9.62 Å². The second-order valence-corrected chi connectivity index (χ2v) is 16.2. The number of carboxylic acids is 2. The van der Waals surface area contributed by atoms with Gasteiger partial charge in [-0.15, -0.1) is 0 Å². The quantitative estimate of drug-likeness (QED) is 0.0807. The van der Waals surface area contributed by atoms with Crippen molar-refractivity contribution in [3.63, 3.8) is 0 Å². The molecule has 1 aliphatic heterocycles. The lowest BCUT2D eigenvalue weighted by Gasteiger charge is -2.40. The lowest BCUT2D eigenvalue weighted by Crippen LogP contribution is -2.44. The van der Waals surface area contributed by atoms with E-state index in [1.165, 1.54) is 23.5 Å². The molecule has 0 amide bonds. The molecule has 1 spiro atoms. The highest BCUT2D eigenvalue weighted by molar-refractivity contribution is 8.00. The molecule has 258 valence electrons. The number of hydrogen-bond donors (Lipinski definition) is 5. The highest BCUT2D eigenvalue weighted by atomic mass is 32.2. The molecule has 1 heterocycles. The van der Waals surface area contributed by atoms with Crippen molar-refractivity contribution in [1.29, 1.82) is 0 Å². The molecule has 4 aromatic carbocycles. The lowest BCUT2D eigenvalue weighted by molar-refractivity contribution is -0.134. The van der Waals surface area contributed by atoms with E-state index in [2.05, 4.69) is 56.7 Å². The first-order valence-electron chi connectivity index (χ1n) is 16.3. The SMILES string of the molecule is O=C(O)CSCCCN(CCCSCC(=O)O)CCNS(=O)(=O)Cc1ccc2c(c1)C1(Nc3cccc4cccc(c34)N1)c1ccccc1-2. The molecule has 0 fully saturated rings.